The predicted octanol–water partition coefficient (Wildman–Crippen LogP) is 4.37. The Labute approximate surface area is 202 Å². The van der Waals surface area contributed by atoms with Gasteiger partial charge in [0.05, 0.1) is 17.4 Å². The summed E-state index contributed by atoms with van der Waals surface area (Å²) in [5.74, 6) is -0.721. The number of ether oxygens (including phenoxy) is 1. The van der Waals surface area contributed by atoms with Crippen molar-refractivity contribution in [3.63, 3.8) is 0 Å². The molecule has 2 heterocycles. The molecule has 9 heteroatoms. The SMILES string of the molecule is CCc1nn(-c2cc(O[C@@H](C)c3ccccc3)c(C(=O)Nc3cnccc3C)cc2F)c(=O)n1C. The topological polar surface area (TPSA) is 91.0 Å². The molecule has 1 amide bonds. The molecule has 35 heavy (non-hydrogen) atoms. The number of benzene rings is 2. The van der Waals surface area contributed by atoms with Crippen molar-refractivity contribution in [1.29, 1.82) is 0 Å². The number of nitrogens with zero attached hydrogens (tertiary/aromatic N) is 4. The van der Waals surface area contributed by atoms with Crippen molar-refractivity contribution in [2.45, 2.75) is 33.3 Å². The number of hydrogen-bond donors (Lipinski definition) is 1. The molecular formula is C26H26FN5O3. The second kappa shape index (κ2) is 9.92. The van der Waals surface area contributed by atoms with E-state index in [0.29, 0.717) is 17.9 Å². The van der Waals surface area contributed by atoms with E-state index in [1.807, 2.05) is 51.1 Å². The van der Waals surface area contributed by atoms with Crippen molar-refractivity contribution < 1.29 is 13.9 Å². The van der Waals surface area contributed by atoms with Gasteiger partial charge in [-0.15, -0.1) is 5.10 Å². The molecular weight excluding hydrogens is 449 g/mol. The minimum absolute atomic E-state index is 0.0167. The highest BCUT2D eigenvalue weighted by atomic mass is 19.1. The van der Waals surface area contributed by atoms with E-state index in [4.69, 9.17) is 4.74 Å². The summed E-state index contributed by atoms with van der Waals surface area (Å²) in [7, 11) is 1.58. The zero-order chi connectivity index (χ0) is 25.1. The smallest absolute Gasteiger partial charge is 0.350 e. The number of carbonyl (C=O) groups is 1. The van der Waals surface area contributed by atoms with Crippen LogP contribution in [0.2, 0.25) is 0 Å². The van der Waals surface area contributed by atoms with Crippen molar-refractivity contribution in [3.8, 4) is 11.4 Å². The molecule has 0 aliphatic carbocycles. The fourth-order valence-electron chi connectivity index (χ4n) is 3.69. The van der Waals surface area contributed by atoms with Crippen LogP contribution in [0.15, 0.2) is 65.7 Å². The first-order valence-electron chi connectivity index (χ1n) is 11.2. The van der Waals surface area contributed by atoms with Crippen molar-refractivity contribution in [2.75, 3.05) is 5.32 Å². The molecule has 0 radical (unpaired) electrons. The Morgan fingerprint density at radius 3 is 2.60 bits per heavy atom. The first kappa shape index (κ1) is 23.9. The molecule has 1 N–H and O–H groups in total. The maximum Gasteiger partial charge on any atom is 0.350 e. The van der Waals surface area contributed by atoms with Crippen LogP contribution in [-0.2, 0) is 13.5 Å². The lowest BCUT2D eigenvalue weighted by atomic mass is 10.1. The highest BCUT2D eigenvalue weighted by molar-refractivity contribution is 6.06. The molecule has 0 saturated carbocycles. The summed E-state index contributed by atoms with van der Waals surface area (Å²) in [5.41, 5.74) is 1.56. The lowest BCUT2D eigenvalue weighted by Crippen LogP contribution is -2.23. The van der Waals surface area contributed by atoms with Crippen LogP contribution in [0.3, 0.4) is 0 Å². The van der Waals surface area contributed by atoms with Crippen LogP contribution in [0.5, 0.6) is 5.75 Å². The summed E-state index contributed by atoms with van der Waals surface area (Å²) in [5, 5.41) is 7.02. The lowest BCUT2D eigenvalue weighted by Gasteiger charge is -2.19. The van der Waals surface area contributed by atoms with Gasteiger partial charge in [0.25, 0.3) is 5.91 Å². The molecule has 0 fully saturated rings. The number of amides is 1. The van der Waals surface area contributed by atoms with Gasteiger partial charge in [-0.05, 0) is 37.1 Å². The van der Waals surface area contributed by atoms with Crippen LogP contribution < -0.4 is 15.7 Å². The third kappa shape index (κ3) is 4.84. The van der Waals surface area contributed by atoms with E-state index in [2.05, 4.69) is 15.4 Å². The molecule has 180 valence electrons. The number of carbonyl (C=O) groups excluding carboxylic acids is 1. The van der Waals surface area contributed by atoms with Crippen molar-refractivity contribution in [2.24, 2.45) is 7.05 Å². The number of aryl methyl sites for hydroxylation is 2. The molecule has 0 unspecified atom stereocenters. The van der Waals surface area contributed by atoms with Crippen molar-refractivity contribution in [1.82, 2.24) is 19.3 Å². The van der Waals surface area contributed by atoms with Gasteiger partial charge >= 0.3 is 5.69 Å². The molecule has 0 spiro atoms. The van der Waals surface area contributed by atoms with Gasteiger partial charge in [0.2, 0.25) is 0 Å². The Bertz CT molecular complexity index is 1430. The summed E-state index contributed by atoms with van der Waals surface area (Å²) in [6.45, 7) is 5.51. The molecule has 4 aromatic rings. The molecule has 8 nitrogen and oxygen atoms in total. The van der Waals surface area contributed by atoms with Gasteiger partial charge in [-0.25, -0.2) is 9.18 Å². The number of hydrogen-bond acceptors (Lipinski definition) is 5. The van der Waals surface area contributed by atoms with Gasteiger partial charge in [-0.2, -0.15) is 4.68 Å². The molecule has 0 aliphatic heterocycles. The van der Waals surface area contributed by atoms with Gasteiger partial charge in [0.15, 0.2) is 0 Å². The average molecular weight is 476 g/mol. The van der Waals surface area contributed by atoms with E-state index in [1.165, 1.54) is 16.8 Å². The molecule has 0 bridgehead atoms. The largest absolute Gasteiger partial charge is 0.485 e. The average Bonchev–Trinajstić information content (AvgIpc) is 3.15. The second-order valence-electron chi connectivity index (χ2n) is 8.14. The van der Waals surface area contributed by atoms with Crippen LogP contribution in [0.1, 0.15) is 47.3 Å². The monoisotopic (exact) mass is 475 g/mol. The van der Waals surface area contributed by atoms with E-state index >= 15 is 4.39 Å². The predicted molar refractivity (Wildman–Crippen MR) is 131 cm³/mol. The summed E-state index contributed by atoms with van der Waals surface area (Å²) in [4.78, 5) is 30.0. The molecule has 1 atom stereocenters. The fraction of sp³-hybridized carbons (Fsp3) is 0.231. The first-order valence-corrected chi connectivity index (χ1v) is 11.2. The van der Waals surface area contributed by atoms with Gasteiger partial charge in [0, 0.05) is 25.7 Å². The minimum atomic E-state index is -0.777. The Morgan fingerprint density at radius 2 is 1.94 bits per heavy atom. The van der Waals surface area contributed by atoms with E-state index in [0.717, 1.165) is 21.9 Å². The Kier molecular flexibility index (Phi) is 6.77. The second-order valence-corrected chi connectivity index (χ2v) is 8.14. The lowest BCUT2D eigenvalue weighted by molar-refractivity contribution is 0.101. The molecule has 2 aromatic heterocycles. The zero-order valence-electron chi connectivity index (χ0n) is 19.9. The highest BCUT2D eigenvalue weighted by Crippen LogP contribution is 2.30. The maximum absolute atomic E-state index is 15.3. The zero-order valence-corrected chi connectivity index (χ0v) is 19.9. The van der Waals surface area contributed by atoms with Gasteiger partial charge in [0.1, 0.15) is 29.2 Å². The molecule has 4 rings (SSSR count). The summed E-state index contributed by atoms with van der Waals surface area (Å²) in [6.07, 6.45) is 3.18. The fourth-order valence-corrected chi connectivity index (χ4v) is 3.69. The molecule has 0 aliphatic rings. The van der Waals surface area contributed by atoms with Crippen molar-refractivity contribution >= 4 is 11.6 Å². The number of rotatable bonds is 7. The standard InChI is InChI=1S/C26H26FN5O3/c1-5-24-30-32(26(34)31(24)4)22-14-23(35-17(3)18-9-7-6-8-10-18)19(13-20(22)27)25(33)29-21-15-28-12-11-16(21)2/h6-15,17H,5H2,1-4H3,(H,29,33)/t17-/m0/s1. The highest BCUT2D eigenvalue weighted by Gasteiger charge is 2.23. The summed E-state index contributed by atoms with van der Waals surface area (Å²) in [6, 6.07) is 13.6. The normalized spacial score (nSPS) is 11.8. The van der Waals surface area contributed by atoms with E-state index in [-0.39, 0.29) is 17.0 Å². The number of halogens is 1. The molecule has 2 aromatic carbocycles. The number of pyridine rings is 1. The van der Waals surface area contributed by atoms with Crippen LogP contribution in [0, 0.1) is 12.7 Å². The Balaban J connectivity index is 1.80. The first-order chi connectivity index (χ1) is 16.8. The third-order valence-corrected chi connectivity index (χ3v) is 5.77. The summed E-state index contributed by atoms with van der Waals surface area (Å²) >= 11 is 0. The Hall–Kier alpha value is -4.27. The molecule has 0 saturated heterocycles. The van der Waals surface area contributed by atoms with Crippen LogP contribution in [-0.4, -0.2) is 25.2 Å². The quantitative estimate of drug-likeness (QED) is 0.429. The Morgan fingerprint density at radius 1 is 1.20 bits per heavy atom. The van der Waals surface area contributed by atoms with E-state index in [9.17, 15) is 9.59 Å². The van der Waals surface area contributed by atoms with Gasteiger partial charge in [-0.1, -0.05) is 37.3 Å². The van der Waals surface area contributed by atoms with Crippen LogP contribution in [0.25, 0.3) is 5.69 Å². The van der Waals surface area contributed by atoms with Crippen molar-refractivity contribution in [3.05, 3.63) is 99.7 Å². The van der Waals surface area contributed by atoms with Crippen LogP contribution in [0.4, 0.5) is 10.1 Å². The number of nitrogens with one attached hydrogen (secondary N) is 1. The maximum atomic E-state index is 15.3. The minimum Gasteiger partial charge on any atom is -0.485 e. The van der Waals surface area contributed by atoms with E-state index in [1.54, 1.807) is 19.3 Å². The number of aromatic nitrogens is 4. The van der Waals surface area contributed by atoms with Gasteiger partial charge in [-0.3, -0.25) is 14.3 Å². The summed E-state index contributed by atoms with van der Waals surface area (Å²) < 4.78 is 23.8. The van der Waals surface area contributed by atoms with Crippen LogP contribution >= 0.6 is 0 Å². The number of anilines is 1. The van der Waals surface area contributed by atoms with Gasteiger partial charge < -0.3 is 10.1 Å². The third-order valence-electron chi connectivity index (χ3n) is 5.77. The van der Waals surface area contributed by atoms with E-state index < -0.39 is 23.5 Å².